The summed E-state index contributed by atoms with van der Waals surface area (Å²) in [5.74, 6) is -1.56. The van der Waals surface area contributed by atoms with Crippen LogP contribution in [0.3, 0.4) is 0 Å². The fourth-order valence-corrected chi connectivity index (χ4v) is 3.74. The van der Waals surface area contributed by atoms with E-state index in [4.69, 9.17) is 0 Å². The van der Waals surface area contributed by atoms with Gasteiger partial charge in [0.1, 0.15) is 5.69 Å². The maximum atomic E-state index is 12.5. The number of carboxylic acid groups (broad SMARTS) is 1. The molecular formula is C13H16N4O5. The Morgan fingerprint density at radius 2 is 2.27 bits per heavy atom. The van der Waals surface area contributed by atoms with E-state index >= 15 is 0 Å². The number of aliphatic carboxylic acids is 1. The predicted octanol–water partition coefficient (Wildman–Crippen LogP) is 0.953. The van der Waals surface area contributed by atoms with Crippen molar-refractivity contribution in [1.29, 1.82) is 0 Å². The first-order valence-corrected chi connectivity index (χ1v) is 7.09. The molecule has 0 spiro atoms. The Kier molecular flexibility index (Phi) is 3.15. The topological polar surface area (TPSA) is 129 Å². The zero-order valence-electron chi connectivity index (χ0n) is 12.0. The molecule has 1 saturated carbocycles. The Balaban J connectivity index is 1.89. The molecule has 3 rings (SSSR count). The number of amides is 1. The lowest BCUT2D eigenvalue weighted by molar-refractivity contribution is -0.385. The molecule has 0 unspecified atom stereocenters. The first kappa shape index (κ1) is 14.5. The summed E-state index contributed by atoms with van der Waals surface area (Å²) >= 11 is 0. The minimum Gasteiger partial charge on any atom is -0.481 e. The SMILES string of the molecule is Cc1[nH]nc(C(=O)N2C[C@@H]3CCC[C@@]3(C(=O)O)C2)c1[N+](=O)[O-]. The Morgan fingerprint density at radius 1 is 1.55 bits per heavy atom. The number of hydrogen-bond acceptors (Lipinski definition) is 5. The van der Waals surface area contributed by atoms with Crippen molar-refractivity contribution in [2.45, 2.75) is 26.2 Å². The van der Waals surface area contributed by atoms with E-state index in [0.717, 1.165) is 12.8 Å². The van der Waals surface area contributed by atoms with Gasteiger partial charge in [-0.1, -0.05) is 6.42 Å². The van der Waals surface area contributed by atoms with Crippen LogP contribution in [-0.2, 0) is 4.79 Å². The van der Waals surface area contributed by atoms with Crippen molar-refractivity contribution in [1.82, 2.24) is 15.1 Å². The molecule has 9 heteroatoms. The van der Waals surface area contributed by atoms with Crippen molar-refractivity contribution in [3.63, 3.8) is 0 Å². The number of aromatic amines is 1. The first-order valence-electron chi connectivity index (χ1n) is 7.09. The summed E-state index contributed by atoms with van der Waals surface area (Å²) < 4.78 is 0. The van der Waals surface area contributed by atoms with Crippen LogP contribution >= 0.6 is 0 Å². The highest BCUT2D eigenvalue weighted by Crippen LogP contribution is 2.49. The highest BCUT2D eigenvalue weighted by Gasteiger charge is 2.56. The minimum absolute atomic E-state index is 0.0898. The molecule has 1 aliphatic heterocycles. The summed E-state index contributed by atoms with van der Waals surface area (Å²) in [4.78, 5) is 36.0. The summed E-state index contributed by atoms with van der Waals surface area (Å²) in [6.45, 7) is 1.88. The van der Waals surface area contributed by atoms with E-state index in [1.807, 2.05) is 0 Å². The van der Waals surface area contributed by atoms with Gasteiger partial charge >= 0.3 is 11.7 Å². The number of nitrogens with one attached hydrogen (secondary N) is 1. The number of H-pyrrole nitrogens is 1. The summed E-state index contributed by atoms with van der Waals surface area (Å²) in [5.41, 5.74) is -1.29. The fourth-order valence-electron chi connectivity index (χ4n) is 3.74. The van der Waals surface area contributed by atoms with Gasteiger partial charge < -0.3 is 10.0 Å². The van der Waals surface area contributed by atoms with E-state index in [9.17, 15) is 24.8 Å². The number of hydrogen-bond donors (Lipinski definition) is 2. The number of carbonyl (C=O) groups is 2. The van der Waals surface area contributed by atoms with Gasteiger partial charge in [-0.3, -0.25) is 24.8 Å². The molecule has 2 heterocycles. The van der Waals surface area contributed by atoms with Gasteiger partial charge in [0, 0.05) is 13.1 Å². The van der Waals surface area contributed by atoms with Gasteiger partial charge in [0.2, 0.25) is 5.69 Å². The van der Waals surface area contributed by atoms with Crippen LogP contribution in [0.4, 0.5) is 5.69 Å². The molecule has 1 aliphatic carbocycles. The lowest BCUT2D eigenvalue weighted by atomic mass is 9.81. The van der Waals surface area contributed by atoms with E-state index in [-0.39, 0.29) is 29.5 Å². The minimum atomic E-state index is -0.907. The predicted molar refractivity (Wildman–Crippen MR) is 73.3 cm³/mol. The molecule has 2 fully saturated rings. The van der Waals surface area contributed by atoms with Gasteiger partial charge in [0.25, 0.3) is 5.91 Å². The first-order chi connectivity index (χ1) is 10.4. The van der Waals surface area contributed by atoms with Gasteiger partial charge in [0.15, 0.2) is 0 Å². The molecule has 9 nitrogen and oxygen atoms in total. The van der Waals surface area contributed by atoms with Crippen LogP contribution < -0.4 is 0 Å². The molecule has 0 radical (unpaired) electrons. The number of fused-ring (bicyclic) bond motifs is 1. The summed E-state index contributed by atoms with van der Waals surface area (Å²) in [7, 11) is 0. The van der Waals surface area contributed by atoms with Gasteiger partial charge in [0.05, 0.1) is 10.3 Å². The lowest BCUT2D eigenvalue weighted by Gasteiger charge is -2.22. The van der Waals surface area contributed by atoms with Crippen LogP contribution in [0.2, 0.25) is 0 Å². The second-order valence-electron chi connectivity index (χ2n) is 6.04. The van der Waals surface area contributed by atoms with Crippen molar-refractivity contribution < 1.29 is 19.6 Å². The standard InChI is InChI=1S/C13H16N4O5/c1-7-10(17(21)22)9(15-14-7)11(18)16-5-8-3-2-4-13(8,6-16)12(19)20/h8H,2-6H2,1H3,(H,14,15)(H,19,20)/t8-,13+/m0/s1. The van der Waals surface area contributed by atoms with E-state index in [1.54, 1.807) is 0 Å². The molecule has 2 aliphatic rings. The quantitative estimate of drug-likeness (QED) is 0.631. The maximum absolute atomic E-state index is 12.5. The monoisotopic (exact) mass is 308 g/mol. The van der Waals surface area contributed by atoms with Crippen molar-refractivity contribution in [2.24, 2.45) is 11.3 Å². The lowest BCUT2D eigenvalue weighted by Crippen LogP contribution is -2.37. The number of carbonyl (C=O) groups excluding carboxylic acids is 1. The second kappa shape index (κ2) is 4.79. The third-order valence-electron chi connectivity index (χ3n) is 4.88. The van der Waals surface area contributed by atoms with E-state index in [1.165, 1.54) is 11.8 Å². The van der Waals surface area contributed by atoms with Gasteiger partial charge in [-0.25, -0.2) is 0 Å². The molecule has 118 valence electrons. The van der Waals surface area contributed by atoms with Gasteiger partial charge in [-0.2, -0.15) is 5.10 Å². The summed E-state index contributed by atoms with van der Waals surface area (Å²) in [6, 6.07) is 0. The molecule has 2 atom stereocenters. The highest BCUT2D eigenvalue weighted by molar-refractivity contribution is 5.97. The Bertz CT molecular complexity index is 669. The number of nitro groups is 1. The molecule has 0 aromatic carbocycles. The zero-order valence-corrected chi connectivity index (χ0v) is 12.0. The van der Waals surface area contributed by atoms with Gasteiger partial charge in [-0.15, -0.1) is 0 Å². The third-order valence-corrected chi connectivity index (χ3v) is 4.88. The van der Waals surface area contributed by atoms with Crippen LogP contribution in [0.1, 0.15) is 35.4 Å². The average Bonchev–Trinajstić information content (AvgIpc) is 3.08. The Morgan fingerprint density at radius 3 is 2.86 bits per heavy atom. The number of aryl methyl sites for hydroxylation is 1. The van der Waals surface area contributed by atoms with Crippen LogP contribution in [0.5, 0.6) is 0 Å². The molecule has 2 N–H and O–H groups in total. The molecule has 1 amide bonds. The Hall–Kier alpha value is -2.45. The molecule has 1 saturated heterocycles. The third kappa shape index (κ3) is 1.88. The summed E-state index contributed by atoms with van der Waals surface area (Å²) in [5, 5.41) is 26.8. The largest absolute Gasteiger partial charge is 0.481 e. The molecule has 22 heavy (non-hydrogen) atoms. The average molecular weight is 308 g/mol. The number of likely N-dealkylation sites (tertiary alicyclic amines) is 1. The number of rotatable bonds is 3. The van der Waals surface area contributed by atoms with Gasteiger partial charge in [-0.05, 0) is 25.7 Å². The second-order valence-corrected chi connectivity index (χ2v) is 6.04. The highest BCUT2D eigenvalue weighted by atomic mass is 16.6. The zero-order chi connectivity index (χ0) is 16.1. The smallest absolute Gasteiger partial charge is 0.322 e. The van der Waals surface area contributed by atoms with E-state index in [0.29, 0.717) is 13.0 Å². The van der Waals surface area contributed by atoms with Crippen LogP contribution in [0, 0.1) is 28.4 Å². The molecule has 1 aromatic heterocycles. The van der Waals surface area contributed by atoms with E-state index in [2.05, 4.69) is 10.2 Å². The van der Waals surface area contributed by atoms with Crippen molar-refractivity contribution in [3.8, 4) is 0 Å². The van der Waals surface area contributed by atoms with E-state index < -0.39 is 22.2 Å². The number of nitrogens with zero attached hydrogens (tertiary/aromatic N) is 3. The Labute approximate surface area is 125 Å². The number of aromatic nitrogens is 2. The summed E-state index contributed by atoms with van der Waals surface area (Å²) in [6.07, 6.45) is 2.14. The molecular weight excluding hydrogens is 292 g/mol. The fraction of sp³-hybridized carbons (Fsp3) is 0.615. The molecule has 0 bridgehead atoms. The van der Waals surface area contributed by atoms with Crippen LogP contribution in [0.15, 0.2) is 0 Å². The maximum Gasteiger partial charge on any atom is 0.322 e. The molecule has 1 aromatic rings. The normalized spacial score (nSPS) is 27.0. The van der Waals surface area contributed by atoms with Crippen molar-refractivity contribution in [3.05, 3.63) is 21.5 Å². The van der Waals surface area contributed by atoms with Crippen LogP contribution in [-0.4, -0.2) is 50.1 Å². The number of carboxylic acids is 1. The van der Waals surface area contributed by atoms with Crippen LogP contribution in [0.25, 0.3) is 0 Å². The van der Waals surface area contributed by atoms with Crippen molar-refractivity contribution in [2.75, 3.05) is 13.1 Å². The van der Waals surface area contributed by atoms with Crippen molar-refractivity contribution >= 4 is 17.6 Å².